The van der Waals surface area contributed by atoms with E-state index in [1.165, 1.54) is 5.56 Å². The van der Waals surface area contributed by atoms with Crippen LogP contribution in [0.3, 0.4) is 0 Å². The minimum absolute atomic E-state index is 0.205. The van der Waals surface area contributed by atoms with E-state index >= 15 is 0 Å². The fourth-order valence-corrected chi connectivity index (χ4v) is 3.25. The Balaban J connectivity index is 1.58. The highest BCUT2D eigenvalue weighted by atomic mass is 79.9. The smallest absolute Gasteiger partial charge is 0.255 e. The summed E-state index contributed by atoms with van der Waals surface area (Å²) in [6, 6.07) is 22.8. The van der Waals surface area contributed by atoms with Crippen molar-refractivity contribution in [2.24, 2.45) is 0 Å². The number of amides is 1. The van der Waals surface area contributed by atoms with Crippen LogP contribution >= 0.6 is 15.9 Å². The molecule has 3 aromatic rings. The second kappa shape index (κ2) is 10.6. The number of carbonyl (C=O) groups excluding carboxylic acids is 1. The molecule has 0 radical (unpaired) electrons. The number of anilines is 1. The van der Waals surface area contributed by atoms with E-state index in [4.69, 9.17) is 9.47 Å². The summed E-state index contributed by atoms with van der Waals surface area (Å²) in [5, 5.41) is 2.89. The molecule has 1 N–H and O–H groups in total. The van der Waals surface area contributed by atoms with Crippen molar-refractivity contribution in [1.29, 1.82) is 0 Å². The molecule has 0 unspecified atom stereocenters. The quantitative estimate of drug-likeness (QED) is 0.378. The molecule has 5 heteroatoms. The highest BCUT2D eigenvalue weighted by Gasteiger charge is 2.10. The van der Waals surface area contributed by atoms with Gasteiger partial charge >= 0.3 is 0 Å². The van der Waals surface area contributed by atoms with Gasteiger partial charge in [0.15, 0.2) is 0 Å². The zero-order chi connectivity index (χ0) is 21.3. The van der Waals surface area contributed by atoms with Crippen molar-refractivity contribution in [2.45, 2.75) is 13.3 Å². The van der Waals surface area contributed by atoms with Crippen LogP contribution in [0.4, 0.5) is 5.69 Å². The lowest BCUT2D eigenvalue weighted by Crippen LogP contribution is -2.12. The van der Waals surface area contributed by atoms with Gasteiger partial charge in [0.1, 0.15) is 18.1 Å². The van der Waals surface area contributed by atoms with Crippen LogP contribution in [0.25, 0.3) is 0 Å². The van der Waals surface area contributed by atoms with Gasteiger partial charge in [-0.15, -0.1) is 0 Å². The summed E-state index contributed by atoms with van der Waals surface area (Å²) in [6.07, 6.45) is 0.819. The number of halogens is 1. The number of hydrogen-bond donors (Lipinski definition) is 1. The van der Waals surface area contributed by atoms with E-state index in [0.29, 0.717) is 36.0 Å². The molecule has 0 aliphatic rings. The molecule has 3 aromatic carbocycles. The van der Waals surface area contributed by atoms with E-state index in [0.717, 1.165) is 16.5 Å². The molecule has 4 nitrogen and oxygen atoms in total. The predicted molar refractivity (Wildman–Crippen MR) is 124 cm³/mol. The summed E-state index contributed by atoms with van der Waals surface area (Å²) < 4.78 is 12.2. The molecule has 0 aliphatic heterocycles. The maximum absolute atomic E-state index is 12.6. The zero-order valence-electron chi connectivity index (χ0n) is 16.9. The first-order valence-electron chi connectivity index (χ1n) is 9.66. The number of nitrogens with one attached hydrogen (secondary N) is 1. The van der Waals surface area contributed by atoms with Crippen molar-refractivity contribution in [1.82, 2.24) is 0 Å². The molecule has 0 aliphatic carbocycles. The van der Waals surface area contributed by atoms with E-state index in [1.54, 1.807) is 24.3 Å². The van der Waals surface area contributed by atoms with Crippen molar-refractivity contribution < 1.29 is 14.3 Å². The normalized spacial score (nSPS) is 10.3. The molecular weight excluding hydrogens is 442 g/mol. The average Bonchev–Trinajstić information content (AvgIpc) is 2.74. The summed E-state index contributed by atoms with van der Waals surface area (Å²) in [5.41, 5.74) is 3.35. The van der Waals surface area contributed by atoms with E-state index in [1.807, 2.05) is 43.3 Å². The Morgan fingerprint density at radius 3 is 2.53 bits per heavy atom. The van der Waals surface area contributed by atoms with Crippen LogP contribution in [-0.2, 0) is 6.42 Å². The van der Waals surface area contributed by atoms with Crippen molar-refractivity contribution in [3.8, 4) is 11.5 Å². The first-order chi connectivity index (χ1) is 14.5. The molecule has 154 valence electrons. The number of benzene rings is 3. The summed E-state index contributed by atoms with van der Waals surface area (Å²) >= 11 is 3.50. The van der Waals surface area contributed by atoms with Crippen LogP contribution in [0.15, 0.2) is 89.4 Å². The van der Waals surface area contributed by atoms with Crippen molar-refractivity contribution in [3.63, 3.8) is 0 Å². The zero-order valence-corrected chi connectivity index (χ0v) is 18.4. The van der Waals surface area contributed by atoms with Gasteiger partial charge in [-0.3, -0.25) is 4.79 Å². The molecule has 0 saturated carbocycles. The highest BCUT2D eigenvalue weighted by molar-refractivity contribution is 9.10. The van der Waals surface area contributed by atoms with Crippen LogP contribution < -0.4 is 14.8 Å². The van der Waals surface area contributed by atoms with Gasteiger partial charge in [0.25, 0.3) is 5.91 Å². The largest absolute Gasteiger partial charge is 0.492 e. The van der Waals surface area contributed by atoms with Crippen LogP contribution in [0.1, 0.15) is 22.8 Å². The van der Waals surface area contributed by atoms with Gasteiger partial charge < -0.3 is 14.8 Å². The molecule has 0 bridgehead atoms. The SMILES string of the molecule is C=C(C)COc1cccc(NC(=O)c2ccc(OCCc3ccccc3)c(Br)c2)c1. The average molecular weight is 466 g/mol. The lowest BCUT2D eigenvalue weighted by atomic mass is 10.1. The van der Waals surface area contributed by atoms with Gasteiger partial charge in [0.2, 0.25) is 0 Å². The maximum atomic E-state index is 12.6. The van der Waals surface area contributed by atoms with Gasteiger partial charge in [-0.1, -0.05) is 43.0 Å². The number of carbonyl (C=O) groups is 1. The second-order valence-corrected chi connectivity index (χ2v) is 7.81. The molecule has 0 atom stereocenters. The number of hydrogen-bond acceptors (Lipinski definition) is 3. The molecule has 0 aromatic heterocycles. The monoisotopic (exact) mass is 465 g/mol. The third kappa shape index (κ3) is 6.49. The Bertz CT molecular complexity index is 1020. The molecular formula is C25H24BrNO3. The van der Waals surface area contributed by atoms with Crippen molar-refractivity contribution >= 4 is 27.5 Å². The number of ether oxygens (including phenoxy) is 2. The Morgan fingerprint density at radius 2 is 1.80 bits per heavy atom. The highest BCUT2D eigenvalue weighted by Crippen LogP contribution is 2.27. The minimum atomic E-state index is -0.205. The van der Waals surface area contributed by atoms with Crippen LogP contribution in [0.5, 0.6) is 11.5 Å². The fraction of sp³-hybridized carbons (Fsp3) is 0.160. The molecule has 1 amide bonds. The Labute approximate surface area is 185 Å². The van der Waals surface area contributed by atoms with Crippen molar-refractivity contribution in [2.75, 3.05) is 18.5 Å². The van der Waals surface area contributed by atoms with Crippen LogP contribution in [0.2, 0.25) is 0 Å². The van der Waals surface area contributed by atoms with Crippen LogP contribution in [0, 0.1) is 0 Å². The fourth-order valence-electron chi connectivity index (χ4n) is 2.76. The summed E-state index contributed by atoms with van der Waals surface area (Å²) in [7, 11) is 0. The van der Waals surface area contributed by atoms with E-state index < -0.39 is 0 Å². The van der Waals surface area contributed by atoms with Crippen molar-refractivity contribution in [3.05, 3.63) is 101 Å². The van der Waals surface area contributed by atoms with Gasteiger partial charge in [0, 0.05) is 23.7 Å². The first-order valence-corrected chi connectivity index (χ1v) is 10.5. The Hall–Kier alpha value is -3.05. The van der Waals surface area contributed by atoms with Gasteiger partial charge in [-0.2, -0.15) is 0 Å². The summed E-state index contributed by atoms with van der Waals surface area (Å²) in [4.78, 5) is 12.6. The Kier molecular flexibility index (Phi) is 7.69. The van der Waals surface area contributed by atoms with E-state index in [2.05, 4.69) is 40.0 Å². The summed E-state index contributed by atoms with van der Waals surface area (Å²) in [6.45, 7) is 6.72. The Morgan fingerprint density at radius 1 is 1.00 bits per heavy atom. The third-order valence-corrected chi connectivity index (χ3v) is 4.88. The minimum Gasteiger partial charge on any atom is -0.492 e. The number of rotatable bonds is 9. The van der Waals surface area contributed by atoms with Gasteiger partial charge in [0.05, 0.1) is 11.1 Å². The molecule has 0 spiro atoms. The molecule has 30 heavy (non-hydrogen) atoms. The lowest BCUT2D eigenvalue weighted by Gasteiger charge is -2.11. The van der Waals surface area contributed by atoms with E-state index in [9.17, 15) is 4.79 Å². The molecule has 0 heterocycles. The van der Waals surface area contributed by atoms with Gasteiger partial charge in [-0.05, 0) is 64.3 Å². The van der Waals surface area contributed by atoms with Gasteiger partial charge in [-0.25, -0.2) is 0 Å². The second-order valence-electron chi connectivity index (χ2n) is 6.96. The molecule has 0 saturated heterocycles. The molecule has 3 rings (SSSR count). The predicted octanol–water partition coefficient (Wildman–Crippen LogP) is 6.28. The van der Waals surface area contributed by atoms with Crippen LogP contribution in [-0.4, -0.2) is 19.1 Å². The topological polar surface area (TPSA) is 47.6 Å². The molecule has 0 fully saturated rings. The van der Waals surface area contributed by atoms with E-state index in [-0.39, 0.29) is 5.91 Å². The first kappa shape index (κ1) is 21.7. The maximum Gasteiger partial charge on any atom is 0.255 e. The standard InChI is InChI=1S/C25H24BrNO3/c1-18(2)17-30-22-10-6-9-21(16-22)27-25(28)20-11-12-24(23(26)15-20)29-14-13-19-7-4-3-5-8-19/h3-12,15-16H,1,13-14,17H2,2H3,(H,27,28). The summed E-state index contributed by atoms with van der Waals surface area (Å²) in [5.74, 6) is 1.18. The lowest BCUT2D eigenvalue weighted by molar-refractivity contribution is 0.102. The third-order valence-electron chi connectivity index (χ3n) is 4.26.